The van der Waals surface area contributed by atoms with Crippen LogP contribution in [0.25, 0.3) is 6.08 Å². The number of carbonyl (C=O) groups is 1. The number of carbonyl (C=O) groups excluding carboxylic acids is 1. The van der Waals surface area contributed by atoms with Gasteiger partial charge >= 0.3 is 0 Å². The quantitative estimate of drug-likeness (QED) is 0.424. The summed E-state index contributed by atoms with van der Waals surface area (Å²) >= 11 is 6.06. The minimum atomic E-state index is -0.151. The minimum absolute atomic E-state index is 0.151. The van der Waals surface area contributed by atoms with Crippen LogP contribution >= 0.6 is 11.6 Å². The number of furan rings is 1. The van der Waals surface area contributed by atoms with Crippen molar-refractivity contribution < 1.29 is 23.4 Å². The minimum Gasteiger partial charge on any atom is -0.486 e. The molecular weight excluding hydrogens is 380 g/mol. The SMILES string of the molecule is O=C(/C=C/c1ccc(COc2ccccc2Cl)o1)c1ccc2c(c1)OCCO2. The summed E-state index contributed by atoms with van der Waals surface area (Å²) in [4.78, 5) is 12.4. The second kappa shape index (κ2) is 8.23. The maximum atomic E-state index is 12.4. The molecule has 142 valence electrons. The molecule has 0 amide bonds. The summed E-state index contributed by atoms with van der Waals surface area (Å²) in [5.41, 5.74) is 0.523. The molecule has 0 unspecified atom stereocenters. The molecule has 1 aliphatic rings. The summed E-state index contributed by atoms with van der Waals surface area (Å²) in [5, 5.41) is 0.541. The lowest BCUT2D eigenvalue weighted by Gasteiger charge is -2.18. The van der Waals surface area contributed by atoms with Crippen molar-refractivity contribution >= 4 is 23.5 Å². The molecule has 1 aliphatic heterocycles. The highest BCUT2D eigenvalue weighted by atomic mass is 35.5. The number of rotatable bonds is 6. The Kier molecular flexibility index (Phi) is 5.35. The van der Waals surface area contributed by atoms with Crippen LogP contribution in [-0.2, 0) is 6.61 Å². The first-order valence-electron chi connectivity index (χ1n) is 8.77. The molecule has 0 aliphatic carbocycles. The van der Waals surface area contributed by atoms with E-state index < -0.39 is 0 Å². The number of halogens is 1. The Morgan fingerprint density at radius 1 is 1.04 bits per heavy atom. The van der Waals surface area contributed by atoms with E-state index in [1.165, 1.54) is 6.08 Å². The Balaban J connectivity index is 1.38. The van der Waals surface area contributed by atoms with E-state index >= 15 is 0 Å². The molecule has 1 aromatic heterocycles. The Hall–Kier alpha value is -3.18. The van der Waals surface area contributed by atoms with E-state index in [-0.39, 0.29) is 12.4 Å². The van der Waals surface area contributed by atoms with E-state index in [0.29, 0.717) is 52.6 Å². The van der Waals surface area contributed by atoms with E-state index in [0.717, 1.165) is 0 Å². The lowest BCUT2D eigenvalue weighted by molar-refractivity contribution is 0.104. The summed E-state index contributed by atoms with van der Waals surface area (Å²) in [6.45, 7) is 1.24. The lowest BCUT2D eigenvalue weighted by atomic mass is 10.1. The van der Waals surface area contributed by atoms with E-state index in [1.54, 1.807) is 48.5 Å². The number of hydrogen-bond acceptors (Lipinski definition) is 5. The Labute approximate surface area is 167 Å². The fourth-order valence-electron chi connectivity index (χ4n) is 2.72. The maximum absolute atomic E-state index is 12.4. The van der Waals surface area contributed by atoms with Crippen molar-refractivity contribution in [1.82, 2.24) is 0 Å². The summed E-state index contributed by atoms with van der Waals surface area (Å²) in [7, 11) is 0. The predicted octanol–water partition coefficient (Wildman–Crippen LogP) is 5.18. The van der Waals surface area contributed by atoms with Crippen molar-refractivity contribution in [2.24, 2.45) is 0 Å². The third-order valence-corrected chi connectivity index (χ3v) is 4.43. The Bertz CT molecular complexity index is 1020. The molecule has 0 bridgehead atoms. The summed E-state index contributed by atoms with van der Waals surface area (Å²) in [5.74, 6) is 2.87. The number of fused-ring (bicyclic) bond motifs is 1. The van der Waals surface area contributed by atoms with Crippen molar-refractivity contribution in [3.63, 3.8) is 0 Å². The van der Waals surface area contributed by atoms with Gasteiger partial charge in [-0.05, 0) is 54.6 Å². The van der Waals surface area contributed by atoms with Crippen LogP contribution in [0.3, 0.4) is 0 Å². The van der Waals surface area contributed by atoms with Crippen LogP contribution < -0.4 is 14.2 Å². The molecule has 0 fully saturated rings. The predicted molar refractivity (Wildman–Crippen MR) is 105 cm³/mol. The van der Waals surface area contributed by atoms with Gasteiger partial charge in [0.25, 0.3) is 0 Å². The first kappa shape index (κ1) is 18.2. The van der Waals surface area contributed by atoms with Gasteiger partial charge in [0.05, 0.1) is 5.02 Å². The van der Waals surface area contributed by atoms with Crippen LogP contribution in [-0.4, -0.2) is 19.0 Å². The van der Waals surface area contributed by atoms with Gasteiger partial charge in [-0.25, -0.2) is 0 Å². The summed E-state index contributed by atoms with van der Waals surface area (Å²) in [6.07, 6.45) is 3.08. The van der Waals surface area contributed by atoms with Crippen LogP contribution in [0.2, 0.25) is 5.02 Å². The van der Waals surface area contributed by atoms with Gasteiger partial charge in [-0.3, -0.25) is 4.79 Å². The standard InChI is InChI=1S/C22H17ClO5/c23-18-3-1-2-4-20(18)27-14-17-7-6-16(28-17)8-9-19(24)15-5-10-21-22(13-15)26-12-11-25-21/h1-10,13H,11-12,14H2/b9-8+. The Morgan fingerprint density at radius 2 is 1.86 bits per heavy atom. The zero-order valence-electron chi connectivity index (χ0n) is 14.9. The number of ketones is 1. The van der Waals surface area contributed by atoms with Crippen molar-refractivity contribution in [2.75, 3.05) is 13.2 Å². The molecule has 0 radical (unpaired) electrons. The highest BCUT2D eigenvalue weighted by Crippen LogP contribution is 2.31. The lowest BCUT2D eigenvalue weighted by Crippen LogP contribution is -2.15. The van der Waals surface area contributed by atoms with Crippen LogP contribution in [0.15, 0.2) is 65.1 Å². The fraction of sp³-hybridized carbons (Fsp3) is 0.136. The van der Waals surface area contributed by atoms with Gasteiger partial charge < -0.3 is 18.6 Å². The number of hydrogen-bond donors (Lipinski definition) is 0. The summed E-state index contributed by atoms with van der Waals surface area (Å²) in [6, 6.07) is 16.0. The van der Waals surface area contributed by atoms with E-state index in [9.17, 15) is 4.79 Å². The first-order chi connectivity index (χ1) is 13.7. The average Bonchev–Trinajstić information content (AvgIpc) is 3.19. The molecule has 2 aromatic carbocycles. The van der Waals surface area contributed by atoms with Gasteiger partial charge in [0, 0.05) is 5.56 Å². The molecule has 0 spiro atoms. The summed E-state index contributed by atoms with van der Waals surface area (Å²) < 4.78 is 22.3. The van der Waals surface area contributed by atoms with Crippen molar-refractivity contribution in [3.05, 3.63) is 82.8 Å². The number of ether oxygens (including phenoxy) is 3. The number of allylic oxidation sites excluding steroid dienone is 1. The molecule has 28 heavy (non-hydrogen) atoms. The molecule has 6 heteroatoms. The topological polar surface area (TPSA) is 57.9 Å². The molecule has 4 rings (SSSR count). The third kappa shape index (κ3) is 4.21. The third-order valence-electron chi connectivity index (χ3n) is 4.11. The zero-order valence-corrected chi connectivity index (χ0v) is 15.6. The largest absolute Gasteiger partial charge is 0.486 e. The molecule has 0 saturated carbocycles. The van der Waals surface area contributed by atoms with Gasteiger partial charge in [-0.2, -0.15) is 0 Å². The normalized spacial score (nSPS) is 12.9. The Morgan fingerprint density at radius 3 is 2.71 bits per heavy atom. The van der Waals surface area contributed by atoms with Crippen molar-refractivity contribution in [2.45, 2.75) is 6.61 Å². The van der Waals surface area contributed by atoms with Gasteiger partial charge in [0.1, 0.15) is 37.1 Å². The molecule has 5 nitrogen and oxygen atoms in total. The van der Waals surface area contributed by atoms with Gasteiger partial charge in [-0.15, -0.1) is 0 Å². The van der Waals surface area contributed by atoms with Crippen LogP contribution in [0, 0.1) is 0 Å². The van der Waals surface area contributed by atoms with Crippen LogP contribution in [0.1, 0.15) is 21.9 Å². The van der Waals surface area contributed by atoms with Crippen molar-refractivity contribution in [1.29, 1.82) is 0 Å². The first-order valence-corrected chi connectivity index (χ1v) is 9.15. The van der Waals surface area contributed by atoms with E-state index in [1.807, 2.05) is 12.1 Å². The smallest absolute Gasteiger partial charge is 0.186 e. The zero-order chi connectivity index (χ0) is 19.3. The number of benzene rings is 2. The van der Waals surface area contributed by atoms with E-state index in [4.69, 9.17) is 30.2 Å². The van der Waals surface area contributed by atoms with Crippen LogP contribution in [0.5, 0.6) is 17.2 Å². The maximum Gasteiger partial charge on any atom is 0.186 e. The second-order valence-corrected chi connectivity index (χ2v) is 6.49. The molecule has 0 N–H and O–H groups in total. The van der Waals surface area contributed by atoms with Crippen LogP contribution in [0.4, 0.5) is 0 Å². The molecular formula is C22H17ClO5. The molecule has 0 atom stereocenters. The van der Waals surface area contributed by atoms with Gasteiger partial charge in [-0.1, -0.05) is 23.7 Å². The average molecular weight is 397 g/mol. The number of para-hydroxylation sites is 1. The van der Waals surface area contributed by atoms with Crippen molar-refractivity contribution in [3.8, 4) is 17.2 Å². The highest BCUT2D eigenvalue weighted by Gasteiger charge is 2.14. The fourth-order valence-corrected chi connectivity index (χ4v) is 2.91. The van der Waals surface area contributed by atoms with E-state index in [2.05, 4.69) is 0 Å². The van der Waals surface area contributed by atoms with Gasteiger partial charge in [0.15, 0.2) is 17.3 Å². The molecule has 3 aromatic rings. The highest BCUT2D eigenvalue weighted by molar-refractivity contribution is 6.32. The molecule has 2 heterocycles. The van der Waals surface area contributed by atoms with Gasteiger partial charge in [0.2, 0.25) is 0 Å². The molecule has 0 saturated heterocycles. The monoisotopic (exact) mass is 396 g/mol. The second-order valence-electron chi connectivity index (χ2n) is 6.08.